The summed E-state index contributed by atoms with van der Waals surface area (Å²) in [5.74, 6) is -2.01. The number of ether oxygens (including phenoxy) is 2. The zero-order valence-electron chi connectivity index (χ0n) is 11.6. The maximum absolute atomic E-state index is 13.1. The van der Waals surface area contributed by atoms with E-state index in [1.54, 1.807) is 13.8 Å². The van der Waals surface area contributed by atoms with E-state index in [1.807, 2.05) is 0 Å². The van der Waals surface area contributed by atoms with Crippen molar-refractivity contribution in [3.8, 4) is 0 Å². The Hall–Kier alpha value is -2.08. The molecular weight excluding hydrogens is 301 g/mol. The maximum atomic E-state index is 13.1. The van der Waals surface area contributed by atoms with E-state index in [2.05, 4.69) is 5.32 Å². The van der Waals surface area contributed by atoms with Crippen molar-refractivity contribution in [2.45, 2.75) is 13.8 Å². The van der Waals surface area contributed by atoms with Crippen molar-refractivity contribution in [2.75, 3.05) is 18.5 Å². The summed E-state index contributed by atoms with van der Waals surface area (Å²) in [7, 11) is 0. The molecule has 0 saturated carbocycles. The number of nitrogens with one attached hydrogen (secondary N) is 1. The summed E-state index contributed by atoms with van der Waals surface area (Å²) in [5.41, 5.74) is 0.211. The van der Waals surface area contributed by atoms with Crippen LogP contribution in [0.2, 0.25) is 5.02 Å². The highest BCUT2D eigenvalue weighted by Gasteiger charge is 2.14. The molecule has 1 N–H and O–H groups in total. The minimum absolute atomic E-state index is 0.112. The molecule has 0 aliphatic heterocycles. The topological polar surface area (TPSA) is 64.6 Å². The average Bonchev–Trinajstić information content (AvgIpc) is 2.42. The van der Waals surface area contributed by atoms with Gasteiger partial charge in [0.05, 0.1) is 24.3 Å². The van der Waals surface area contributed by atoms with Crippen LogP contribution in [0.5, 0.6) is 0 Å². The molecule has 0 aliphatic carbocycles. The van der Waals surface area contributed by atoms with E-state index in [1.165, 1.54) is 12.1 Å². The third-order valence-electron chi connectivity index (χ3n) is 2.24. The molecule has 0 fully saturated rings. The average molecular weight is 316 g/mol. The Labute approximate surface area is 126 Å². The highest BCUT2D eigenvalue weighted by atomic mass is 35.5. The van der Waals surface area contributed by atoms with Crippen LogP contribution in [-0.4, -0.2) is 25.2 Å². The number of hydrogen-bond acceptors (Lipinski definition) is 5. The summed E-state index contributed by atoms with van der Waals surface area (Å²) in [6.07, 6.45) is 0.971. The second-order valence-corrected chi connectivity index (χ2v) is 4.19. The smallest absolute Gasteiger partial charge is 0.355 e. The normalized spacial score (nSPS) is 11.0. The summed E-state index contributed by atoms with van der Waals surface area (Å²) in [5, 5.41) is 2.54. The van der Waals surface area contributed by atoms with Gasteiger partial charge >= 0.3 is 11.9 Å². The quantitative estimate of drug-likeness (QED) is 0.646. The van der Waals surface area contributed by atoms with Crippen LogP contribution in [0.25, 0.3) is 0 Å². The minimum atomic E-state index is -0.731. The fraction of sp³-hybridized carbons (Fsp3) is 0.286. The zero-order valence-corrected chi connectivity index (χ0v) is 12.4. The molecule has 0 spiro atoms. The number of anilines is 1. The fourth-order valence-electron chi connectivity index (χ4n) is 1.39. The molecule has 1 aromatic rings. The van der Waals surface area contributed by atoms with Gasteiger partial charge in [-0.1, -0.05) is 11.6 Å². The van der Waals surface area contributed by atoms with Crippen molar-refractivity contribution in [3.05, 3.63) is 40.8 Å². The monoisotopic (exact) mass is 315 g/mol. The number of benzene rings is 1. The van der Waals surface area contributed by atoms with Gasteiger partial charge in [-0.2, -0.15) is 0 Å². The standard InChI is InChI=1S/C14H15ClFNO4/c1-3-20-13(18)8-12(14(19)21-4-2)17-9-5-6-11(16)10(15)7-9/h5-8,17H,3-4H2,1-2H3/b12-8-. The Morgan fingerprint density at radius 1 is 1.29 bits per heavy atom. The molecule has 0 atom stereocenters. The third kappa shape index (κ3) is 5.43. The molecule has 0 unspecified atom stereocenters. The van der Waals surface area contributed by atoms with Crippen molar-refractivity contribution in [2.24, 2.45) is 0 Å². The van der Waals surface area contributed by atoms with E-state index < -0.39 is 17.8 Å². The molecule has 0 amide bonds. The lowest BCUT2D eigenvalue weighted by Gasteiger charge is -2.10. The summed E-state index contributed by atoms with van der Waals surface area (Å²) in [6, 6.07) is 3.80. The predicted octanol–water partition coefficient (Wildman–Crippen LogP) is 2.90. The van der Waals surface area contributed by atoms with E-state index in [0.717, 1.165) is 12.1 Å². The van der Waals surface area contributed by atoms with Gasteiger partial charge in [0.2, 0.25) is 0 Å². The summed E-state index contributed by atoms with van der Waals surface area (Å²) in [6.45, 7) is 3.59. The van der Waals surface area contributed by atoms with Gasteiger partial charge in [-0.05, 0) is 32.0 Å². The van der Waals surface area contributed by atoms with Crippen LogP contribution < -0.4 is 5.32 Å². The predicted molar refractivity (Wildman–Crippen MR) is 76.4 cm³/mol. The molecule has 0 bridgehead atoms. The highest BCUT2D eigenvalue weighted by Crippen LogP contribution is 2.20. The molecule has 21 heavy (non-hydrogen) atoms. The largest absolute Gasteiger partial charge is 0.463 e. The number of esters is 2. The van der Waals surface area contributed by atoms with Gasteiger partial charge in [-0.15, -0.1) is 0 Å². The molecular formula is C14H15ClFNO4. The van der Waals surface area contributed by atoms with Crippen molar-refractivity contribution in [3.63, 3.8) is 0 Å². The molecule has 0 radical (unpaired) electrons. The van der Waals surface area contributed by atoms with Crippen LogP contribution in [0.4, 0.5) is 10.1 Å². The van der Waals surface area contributed by atoms with E-state index in [0.29, 0.717) is 5.69 Å². The van der Waals surface area contributed by atoms with Crippen LogP contribution in [0.15, 0.2) is 30.0 Å². The lowest BCUT2D eigenvalue weighted by molar-refractivity contribution is -0.140. The van der Waals surface area contributed by atoms with Gasteiger partial charge < -0.3 is 14.8 Å². The van der Waals surface area contributed by atoms with Crippen LogP contribution in [0.3, 0.4) is 0 Å². The van der Waals surface area contributed by atoms with Gasteiger partial charge in [0.15, 0.2) is 0 Å². The van der Waals surface area contributed by atoms with E-state index >= 15 is 0 Å². The number of rotatable bonds is 6. The second-order valence-electron chi connectivity index (χ2n) is 3.78. The highest BCUT2D eigenvalue weighted by molar-refractivity contribution is 6.31. The Balaban J connectivity index is 2.98. The number of halogens is 2. The Kier molecular flexibility index (Phi) is 6.68. The van der Waals surface area contributed by atoms with Gasteiger partial charge in [0, 0.05) is 5.69 Å². The van der Waals surface area contributed by atoms with Crippen LogP contribution in [-0.2, 0) is 19.1 Å². The first kappa shape index (κ1) is 17.0. The Bertz CT molecular complexity index is 560. The molecule has 7 heteroatoms. The minimum Gasteiger partial charge on any atom is -0.463 e. The van der Waals surface area contributed by atoms with Gasteiger partial charge in [-0.3, -0.25) is 0 Å². The van der Waals surface area contributed by atoms with Crippen molar-refractivity contribution >= 4 is 29.2 Å². The van der Waals surface area contributed by atoms with Crippen molar-refractivity contribution in [1.82, 2.24) is 0 Å². The van der Waals surface area contributed by atoms with Crippen LogP contribution >= 0.6 is 11.6 Å². The number of hydrogen-bond donors (Lipinski definition) is 1. The molecule has 0 aliphatic rings. The van der Waals surface area contributed by atoms with Crippen LogP contribution in [0, 0.1) is 5.82 Å². The van der Waals surface area contributed by atoms with Gasteiger partial charge in [0.25, 0.3) is 0 Å². The Morgan fingerprint density at radius 3 is 2.52 bits per heavy atom. The molecule has 0 saturated heterocycles. The molecule has 0 heterocycles. The lowest BCUT2D eigenvalue weighted by Crippen LogP contribution is -2.17. The summed E-state index contributed by atoms with van der Waals surface area (Å²) < 4.78 is 22.6. The van der Waals surface area contributed by atoms with Gasteiger partial charge in [-0.25, -0.2) is 14.0 Å². The van der Waals surface area contributed by atoms with Crippen molar-refractivity contribution < 1.29 is 23.5 Å². The molecule has 1 rings (SSSR count). The first-order valence-corrected chi connectivity index (χ1v) is 6.63. The lowest BCUT2D eigenvalue weighted by atomic mass is 10.3. The molecule has 0 aromatic heterocycles. The van der Waals surface area contributed by atoms with E-state index in [-0.39, 0.29) is 23.9 Å². The Morgan fingerprint density at radius 2 is 1.95 bits per heavy atom. The fourth-order valence-corrected chi connectivity index (χ4v) is 1.57. The van der Waals surface area contributed by atoms with Crippen LogP contribution in [0.1, 0.15) is 13.8 Å². The van der Waals surface area contributed by atoms with E-state index in [4.69, 9.17) is 21.1 Å². The SMILES string of the molecule is CCOC(=O)/C=C(\Nc1ccc(F)c(Cl)c1)C(=O)OCC. The first-order valence-electron chi connectivity index (χ1n) is 6.25. The summed E-state index contributed by atoms with van der Waals surface area (Å²) >= 11 is 5.65. The summed E-state index contributed by atoms with van der Waals surface area (Å²) in [4.78, 5) is 23.2. The zero-order chi connectivity index (χ0) is 15.8. The van der Waals surface area contributed by atoms with Crippen molar-refractivity contribution in [1.29, 1.82) is 0 Å². The van der Waals surface area contributed by atoms with Gasteiger partial charge in [0.1, 0.15) is 11.5 Å². The van der Waals surface area contributed by atoms with E-state index in [9.17, 15) is 14.0 Å². The molecule has 1 aromatic carbocycles. The number of carbonyl (C=O) groups excluding carboxylic acids is 2. The maximum Gasteiger partial charge on any atom is 0.355 e. The molecule has 114 valence electrons. The first-order chi connectivity index (χ1) is 9.97. The second kappa shape index (κ2) is 8.26. The molecule has 5 nitrogen and oxygen atoms in total. The third-order valence-corrected chi connectivity index (χ3v) is 2.53. The number of carbonyl (C=O) groups is 2.